The number of nitrogens with one attached hydrogen (secondary N) is 2. The first kappa shape index (κ1) is 7.03. The zero-order valence-corrected chi connectivity index (χ0v) is 7.17. The summed E-state index contributed by atoms with van der Waals surface area (Å²) in [6.45, 7) is 1.99. The summed E-state index contributed by atoms with van der Waals surface area (Å²) in [7, 11) is 0. The summed E-state index contributed by atoms with van der Waals surface area (Å²) in [4.78, 5) is 4.30. The van der Waals surface area contributed by atoms with E-state index in [1.165, 1.54) is 16.5 Å². The second-order valence-corrected chi connectivity index (χ2v) is 3.32. The second kappa shape index (κ2) is 2.53. The van der Waals surface area contributed by atoms with E-state index in [-0.39, 0.29) is 0 Å². The van der Waals surface area contributed by atoms with Gasteiger partial charge in [0.05, 0.1) is 6.20 Å². The fraction of sp³-hybridized carbons (Fsp3) is 0.333. The number of fused-ring (bicyclic) bond motifs is 3. The zero-order chi connectivity index (χ0) is 8.67. The molecule has 0 unspecified atom stereocenters. The summed E-state index contributed by atoms with van der Waals surface area (Å²) < 4.78 is 0. The van der Waals surface area contributed by atoms with Crippen LogP contribution in [-0.4, -0.2) is 21.7 Å². The fourth-order valence-corrected chi connectivity index (χ4v) is 1.88. The highest BCUT2D eigenvalue weighted by Crippen LogP contribution is 2.20. The van der Waals surface area contributed by atoms with E-state index in [1.807, 2.05) is 12.4 Å². The molecule has 1 aliphatic heterocycles. The quantitative estimate of drug-likeness (QED) is 0.615. The van der Waals surface area contributed by atoms with Crippen molar-refractivity contribution in [3.05, 3.63) is 23.5 Å². The molecule has 0 amide bonds. The van der Waals surface area contributed by atoms with E-state index in [0.29, 0.717) is 0 Å². The van der Waals surface area contributed by atoms with Crippen molar-refractivity contribution in [2.75, 3.05) is 6.54 Å². The molecule has 2 aromatic heterocycles. The highest BCUT2D eigenvalue weighted by molar-refractivity contribution is 5.79. The summed E-state index contributed by atoms with van der Waals surface area (Å²) in [6.07, 6.45) is 4.88. The molecule has 3 rings (SSSR count). The zero-order valence-electron chi connectivity index (χ0n) is 7.17. The average molecular weight is 174 g/mol. The molecule has 0 spiro atoms. The minimum Gasteiger partial charge on any atom is -0.312 e. The van der Waals surface area contributed by atoms with Crippen LogP contribution in [0.25, 0.3) is 11.0 Å². The normalized spacial score (nSPS) is 16.0. The molecule has 2 N–H and O–H groups in total. The molecule has 66 valence electrons. The largest absolute Gasteiger partial charge is 0.312 e. The van der Waals surface area contributed by atoms with Gasteiger partial charge in [-0.2, -0.15) is 5.10 Å². The predicted molar refractivity (Wildman–Crippen MR) is 49.3 cm³/mol. The lowest BCUT2D eigenvalue weighted by Gasteiger charge is -2.16. The molecule has 13 heavy (non-hydrogen) atoms. The van der Waals surface area contributed by atoms with E-state index in [4.69, 9.17) is 0 Å². The van der Waals surface area contributed by atoms with Crippen LogP contribution < -0.4 is 5.32 Å². The molecule has 0 aromatic carbocycles. The molecule has 0 radical (unpaired) electrons. The van der Waals surface area contributed by atoms with Crippen molar-refractivity contribution in [2.45, 2.75) is 13.0 Å². The van der Waals surface area contributed by atoms with E-state index in [1.54, 1.807) is 0 Å². The van der Waals surface area contributed by atoms with Gasteiger partial charge in [-0.3, -0.25) is 5.10 Å². The van der Waals surface area contributed by atoms with Gasteiger partial charge in [0, 0.05) is 18.1 Å². The third-order valence-electron chi connectivity index (χ3n) is 2.55. The summed E-state index contributed by atoms with van der Waals surface area (Å²) in [5.41, 5.74) is 3.61. The van der Waals surface area contributed by atoms with E-state index >= 15 is 0 Å². The van der Waals surface area contributed by atoms with E-state index < -0.39 is 0 Å². The van der Waals surface area contributed by atoms with Crippen LogP contribution in [0.1, 0.15) is 11.1 Å². The number of nitrogens with zero attached hydrogens (tertiary/aromatic N) is 2. The smallest absolute Gasteiger partial charge is 0.155 e. The van der Waals surface area contributed by atoms with Crippen molar-refractivity contribution >= 4 is 11.0 Å². The molecule has 4 nitrogen and oxygen atoms in total. The lowest BCUT2D eigenvalue weighted by Crippen LogP contribution is -2.23. The van der Waals surface area contributed by atoms with E-state index in [9.17, 15) is 0 Å². The molecule has 0 saturated heterocycles. The summed E-state index contributed by atoms with van der Waals surface area (Å²) in [6, 6.07) is 0. The molecule has 0 fully saturated rings. The molecule has 0 atom stereocenters. The maximum Gasteiger partial charge on any atom is 0.155 e. The Balaban J connectivity index is 2.34. The number of rotatable bonds is 0. The van der Waals surface area contributed by atoms with Crippen LogP contribution in [0.2, 0.25) is 0 Å². The van der Waals surface area contributed by atoms with Crippen LogP contribution in [0.5, 0.6) is 0 Å². The molecule has 0 aliphatic carbocycles. The van der Waals surface area contributed by atoms with Crippen LogP contribution in [0.4, 0.5) is 0 Å². The van der Waals surface area contributed by atoms with Crippen LogP contribution in [0.15, 0.2) is 12.4 Å². The highest BCUT2D eigenvalue weighted by atomic mass is 15.1. The van der Waals surface area contributed by atoms with Gasteiger partial charge in [-0.15, -0.1) is 0 Å². The number of hydrogen-bond donors (Lipinski definition) is 2. The van der Waals surface area contributed by atoms with Crippen molar-refractivity contribution in [1.82, 2.24) is 20.5 Å². The Bertz CT molecular complexity index is 446. The van der Waals surface area contributed by atoms with Crippen molar-refractivity contribution < 1.29 is 0 Å². The average Bonchev–Trinajstić information content (AvgIpc) is 2.65. The maximum absolute atomic E-state index is 4.30. The number of aromatic nitrogens is 3. The summed E-state index contributed by atoms with van der Waals surface area (Å²) in [5.74, 6) is 0. The molecule has 4 heteroatoms. The lowest BCUT2D eigenvalue weighted by molar-refractivity contribution is 0.645. The number of hydrogen-bond acceptors (Lipinski definition) is 3. The van der Waals surface area contributed by atoms with Gasteiger partial charge in [0.25, 0.3) is 0 Å². The first-order chi connectivity index (χ1) is 6.45. The Morgan fingerprint density at radius 3 is 3.31 bits per heavy atom. The fourth-order valence-electron chi connectivity index (χ4n) is 1.88. The molecule has 3 heterocycles. The number of pyridine rings is 1. The highest BCUT2D eigenvalue weighted by Gasteiger charge is 2.12. The first-order valence-electron chi connectivity index (χ1n) is 4.46. The third-order valence-corrected chi connectivity index (χ3v) is 2.55. The minimum atomic E-state index is 0.903. The van der Waals surface area contributed by atoms with Crippen LogP contribution in [0.3, 0.4) is 0 Å². The monoisotopic (exact) mass is 174 g/mol. The van der Waals surface area contributed by atoms with E-state index in [2.05, 4.69) is 20.5 Å². The Labute approximate surface area is 75.4 Å². The molecular weight excluding hydrogens is 164 g/mol. The van der Waals surface area contributed by atoms with Gasteiger partial charge in [-0.25, -0.2) is 4.98 Å². The SMILES string of the molecule is c1nc2[nH]ncc2c2c1CNCC2. The van der Waals surface area contributed by atoms with Crippen molar-refractivity contribution in [3.63, 3.8) is 0 Å². The molecule has 1 aliphatic rings. The van der Waals surface area contributed by atoms with Gasteiger partial charge < -0.3 is 5.32 Å². The molecule has 2 aromatic rings. The van der Waals surface area contributed by atoms with Gasteiger partial charge in [0.2, 0.25) is 0 Å². The Kier molecular flexibility index (Phi) is 1.37. The topological polar surface area (TPSA) is 53.6 Å². The maximum atomic E-state index is 4.30. The Morgan fingerprint density at radius 2 is 2.31 bits per heavy atom. The van der Waals surface area contributed by atoms with Gasteiger partial charge in [0.1, 0.15) is 0 Å². The molecular formula is C9H10N4. The van der Waals surface area contributed by atoms with Crippen LogP contribution >= 0.6 is 0 Å². The van der Waals surface area contributed by atoms with Gasteiger partial charge >= 0.3 is 0 Å². The Morgan fingerprint density at radius 1 is 1.31 bits per heavy atom. The second-order valence-electron chi connectivity index (χ2n) is 3.32. The lowest BCUT2D eigenvalue weighted by atomic mass is 10.0. The third kappa shape index (κ3) is 0.954. The number of aromatic amines is 1. The predicted octanol–water partition coefficient (Wildman–Crippen LogP) is 0.604. The standard InChI is InChI=1S/C9H10N4/c1-2-10-3-6-4-11-9-8(7(1)6)5-12-13-9/h4-5,10H,1-3H2,(H,11,12,13). The molecule has 0 bridgehead atoms. The van der Waals surface area contributed by atoms with Crippen LogP contribution in [0, 0.1) is 0 Å². The molecule has 0 saturated carbocycles. The van der Waals surface area contributed by atoms with Crippen molar-refractivity contribution in [3.8, 4) is 0 Å². The van der Waals surface area contributed by atoms with Crippen molar-refractivity contribution in [1.29, 1.82) is 0 Å². The van der Waals surface area contributed by atoms with Crippen molar-refractivity contribution in [2.24, 2.45) is 0 Å². The van der Waals surface area contributed by atoms with Gasteiger partial charge in [-0.1, -0.05) is 0 Å². The minimum absolute atomic E-state index is 0.903. The number of H-pyrrole nitrogens is 1. The summed E-state index contributed by atoms with van der Waals surface area (Å²) in [5, 5.41) is 11.4. The Hall–Kier alpha value is -1.42. The van der Waals surface area contributed by atoms with Gasteiger partial charge in [-0.05, 0) is 24.1 Å². The van der Waals surface area contributed by atoms with Gasteiger partial charge in [0.15, 0.2) is 5.65 Å². The van der Waals surface area contributed by atoms with E-state index in [0.717, 1.165) is 25.2 Å². The van der Waals surface area contributed by atoms with Crippen LogP contribution in [-0.2, 0) is 13.0 Å². The summed E-state index contributed by atoms with van der Waals surface area (Å²) >= 11 is 0. The first-order valence-corrected chi connectivity index (χ1v) is 4.46.